The summed E-state index contributed by atoms with van der Waals surface area (Å²) in [6, 6.07) is -0.836. The lowest BCUT2D eigenvalue weighted by Gasteiger charge is -2.23. The van der Waals surface area contributed by atoms with Gasteiger partial charge in [0.25, 0.3) is 0 Å². The van der Waals surface area contributed by atoms with E-state index in [0.29, 0.717) is 19.6 Å². The second-order valence-corrected chi connectivity index (χ2v) is 4.62. The van der Waals surface area contributed by atoms with E-state index < -0.39 is 24.7 Å². The highest BCUT2D eigenvalue weighted by molar-refractivity contribution is 5.83. The fourth-order valence-electron chi connectivity index (χ4n) is 1.40. The highest BCUT2D eigenvalue weighted by Crippen LogP contribution is 2.12. The number of rotatable bonds is 9. The maximum absolute atomic E-state index is 12.0. The molecule has 21 heavy (non-hydrogen) atoms. The number of hydrogen-bond donors (Lipinski definition) is 2. The van der Waals surface area contributed by atoms with Crippen LogP contribution >= 0.6 is 0 Å². The quantitative estimate of drug-likeness (QED) is 0.594. The Morgan fingerprint density at radius 3 is 2.43 bits per heavy atom. The first-order chi connectivity index (χ1) is 9.67. The van der Waals surface area contributed by atoms with Gasteiger partial charge in [-0.25, -0.2) is 0 Å². The molecule has 1 unspecified atom stereocenters. The molecule has 0 aromatic rings. The third-order valence-electron chi connectivity index (χ3n) is 2.74. The first-order valence-corrected chi connectivity index (χ1v) is 6.47. The van der Waals surface area contributed by atoms with Crippen molar-refractivity contribution in [1.82, 2.24) is 15.5 Å². The van der Waals surface area contributed by atoms with Crippen LogP contribution in [0.25, 0.3) is 0 Å². The summed E-state index contributed by atoms with van der Waals surface area (Å²) in [5.74, 6) is -1.08. The molecule has 0 radical (unpaired) electrons. The van der Waals surface area contributed by atoms with E-state index >= 15 is 0 Å². The Kier molecular flexibility index (Phi) is 8.95. The van der Waals surface area contributed by atoms with Gasteiger partial charge in [-0.15, -0.1) is 0 Å². The number of nitrogens with zero attached hydrogens (tertiary/aromatic N) is 1. The first-order valence-electron chi connectivity index (χ1n) is 6.47. The second kappa shape index (κ2) is 9.56. The Morgan fingerprint density at radius 2 is 1.90 bits per heavy atom. The Hall–Kier alpha value is -1.35. The summed E-state index contributed by atoms with van der Waals surface area (Å²) in [6.07, 6.45) is -3.79. The highest BCUT2D eigenvalue weighted by Gasteiger charge is 2.29. The molecule has 1 atom stereocenters. The van der Waals surface area contributed by atoms with Crippen molar-refractivity contribution in [3.63, 3.8) is 0 Å². The number of carbonyl (C=O) groups is 2. The van der Waals surface area contributed by atoms with Crippen molar-refractivity contribution >= 4 is 11.8 Å². The molecule has 0 rings (SSSR count). The van der Waals surface area contributed by atoms with Gasteiger partial charge in [0, 0.05) is 20.3 Å². The molecule has 0 bridgehead atoms. The number of halogens is 3. The zero-order valence-electron chi connectivity index (χ0n) is 12.4. The van der Waals surface area contributed by atoms with Crippen molar-refractivity contribution in [2.75, 3.05) is 40.4 Å². The predicted octanol–water partition coefficient (Wildman–Crippen LogP) is 0.138. The van der Waals surface area contributed by atoms with Crippen molar-refractivity contribution in [2.24, 2.45) is 0 Å². The van der Waals surface area contributed by atoms with Crippen molar-refractivity contribution in [3.8, 4) is 0 Å². The largest absolute Gasteiger partial charge is 0.405 e. The van der Waals surface area contributed by atoms with Crippen LogP contribution in [0.4, 0.5) is 13.2 Å². The Bertz CT molecular complexity index is 337. The SMILES string of the molecule is COCCCNC(=O)CN(C)C(C)C(=O)NCC(F)(F)F. The molecule has 9 heteroatoms. The monoisotopic (exact) mass is 313 g/mol. The van der Waals surface area contributed by atoms with Crippen molar-refractivity contribution in [3.05, 3.63) is 0 Å². The molecule has 0 spiro atoms. The first kappa shape index (κ1) is 19.7. The molecule has 0 aromatic heterocycles. The molecule has 0 aromatic carbocycles. The van der Waals surface area contributed by atoms with E-state index in [1.807, 2.05) is 0 Å². The molecule has 0 aliphatic carbocycles. The van der Waals surface area contributed by atoms with Crippen molar-refractivity contribution < 1.29 is 27.5 Å². The van der Waals surface area contributed by atoms with Gasteiger partial charge in [0.2, 0.25) is 11.8 Å². The Morgan fingerprint density at radius 1 is 1.29 bits per heavy atom. The number of carbonyl (C=O) groups excluding carboxylic acids is 2. The predicted molar refractivity (Wildman–Crippen MR) is 70.7 cm³/mol. The lowest BCUT2D eigenvalue weighted by molar-refractivity contribution is -0.141. The number of nitrogens with one attached hydrogen (secondary N) is 2. The maximum atomic E-state index is 12.0. The van der Waals surface area contributed by atoms with E-state index in [9.17, 15) is 22.8 Å². The minimum Gasteiger partial charge on any atom is -0.385 e. The third-order valence-corrected chi connectivity index (χ3v) is 2.74. The maximum Gasteiger partial charge on any atom is 0.405 e. The molecule has 0 heterocycles. The summed E-state index contributed by atoms with van der Waals surface area (Å²) in [5, 5.41) is 4.41. The lowest BCUT2D eigenvalue weighted by Crippen LogP contribution is -2.48. The molecular weight excluding hydrogens is 291 g/mol. The fourth-order valence-corrected chi connectivity index (χ4v) is 1.40. The van der Waals surface area contributed by atoms with Gasteiger partial charge in [-0.2, -0.15) is 13.2 Å². The van der Waals surface area contributed by atoms with Gasteiger partial charge >= 0.3 is 6.18 Å². The van der Waals surface area contributed by atoms with E-state index in [0.717, 1.165) is 0 Å². The van der Waals surface area contributed by atoms with Crippen LogP contribution < -0.4 is 10.6 Å². The van der Waals surface area contributed by atoms with Gasteiger partial charge in [-0.1, -0.05) is 0 Å². The molecule has 0 aliphatic heterocycles. The summed E-state index contributed by atoms with van der Waals surface area (Å²) in [7, 11) is 3.05. The topological polar surface area (TPSA) is 70.7 Å². The minimum atomic E-state index is -4.45. The van der Waals surface area contributed by atoms with E-state index in [-0.39, 0.29) is 12.5 Å². The number of alkyl halides is 3. The van der Waals surface area contributed by atoms with Crippen LogP contribution in [-0.2, 0) is 14.3 Å². The summed E-state index contributed by atoms with van der Waals surface area (Å²) in [4.78, 5) is 24.4. The average Bonchev–Trinajstić information content (AvgIpc) is 2.39. The van der Waals surface area contributed by atoms with Crippen molar-refractivity contribution in [2.45, 2.75) is 25.6 Å². The third kappa shape index (κ3) is 10.1. The molecule has 0 saturated heterocycles. The standard InChI is InChI=1S/C12H22F3N3O3/c1-9(11(20)17-8-12(13,14)15)18(2)7-10(19)16-5-4-6-21-3/h9H,4-8H2,1-3H3,(H,16,19)(H,17,20). The van der Waals surface area contributed by atoms with Gasteiger partial charge in [0.1, 0.15) is 6.54 Å². The zero-order chi connectivity index (χ0) is 16.5. The smallest absolute Gasteiger partial charge is 0.385 e. The Labute approximate surface area is 122 Å². The Balaban J connectivity index is 4.05. The number of ether oxygens (including phenoxy) is 1. The number of amides is 2. The molecule has 0 fully saturated rings. The van der Waals surface area contributed by atoms with E-state index in [4.69, 9.17) is 4.74 Å². The molecule has 124 valence electrons. The van der Waals surface area contributed by atoms with E-state index in [2.05, 4.69) is 5.32 Å². The molecule has 0 aliphatic rings. The molecular formula is C12H22F3N3O3. The van der Waals surface area contributed by atoms with Gasteiger partial charge in [0.05, 0.1) is 12.6 Å². The van der Waals surface area contributed by atoms with Gasteiger partial charge in [-0.05, 0) is 20.4 Å². The van der Waals surface area contributed by atoms with Crippen LogP contribution in [0.5, 0.6) is 0 Å². The van der Waals surface area contributed by atoms with E-state index in [1.54, 1.807) is 12.4 Å². The highest BCUT2D eigenvalue weighted by atomic mass is 19.4. The van der Waals surface area contributed by atoms with Crippen LogP contribution in [0.15, 0.2) is 0 Å². The summed E-state index contributed by atoms with van der Waals surface area (Å²) >= 11 is 0. The number of hydrogen-bond acceptors (Lipinski definition) is 4. The molecule has 0 saturated carbocycles. The molecule has 6 nitrogen and oxygen atoms in total. The minimum absolute atomic E-state index is 0.0758. The van der Waals surface area contributed by atoms with Crippen LogP contribution in [0.1, 0.15) is 13.3 Å². The second-order valence-electron chi connectivity index (χ2n) is 4.62. The van der Waals surface area contributed by atoms with Crippen LogP contribution in [-0.4, -0.2) is 69.3 Å². The summed E-state index contributed by atoms with van der Waals surface area (Å²) in [5.41, 5.74) is 0. The van der Waals surface area contributed by atoms with Gasteiger partial charge in [-0.3, -0.25) is 14.5 Å². The average molecular weight is 313 g/mol. The van der Waals surface area contributed by atoms with Crippen LogP contribution in [0.3, 0.4) is 0 Å². The van der Waals surface area contributed by atoms with E-state index in [1.165, 1.54) is 18.9 Å². The van der Waals surface area contributed by atoms with Gasteiger partial charge in [0.15, 0.2) is 0 Å². The van der Waals surface area contributed by atoms with Crippen LogP contribution in [0, 0.1) is 0 Å². The lowest BCUT2D eigenvalue weighted by atomic mass is 10.2. The molecule has 2 N–H and O–H groups in total. The molecule has 2 amide bonds. The number of likely N-dealkylation sites (N-methyl/N-ethyl adjacent to an activating group) is 1. The summed E-state index contributed by atoms with van der Waals surface area (Å²) in [6.45, 7) is 0.937. The normalized spacial score (nSPS) is 13.1. The fraction of sp³-hybridized carbons (Fsp3) is 0.833. The number of methoxy groups -OCH3 is 1. The van der Waals surface area contributed by atoms with Crippen LogP contribution in [0.2, 0.25) is 0 Å². The summed E-state index contributed by atoms with van der Waals surface area (Å²) < 4.78 is 40.8. The van der Waals surface area contributed by atoms with Gasteiger partial charge < -0.3 is 15.4 Å². The zero-order valence-corrected chi connectivity index (χ0v) is 12.4. The van der Waals surface area contributed by atoms with Crippen molar-refractivity contribution in [1.29, 1.82) is 0 Å².